The van der Waals surface area contributed by atoms with Crippen molar-refractivity contribution in [3.63, 3.8) is 0 Å². The zero-order chi connectivity index (χ0) is 15.8. The fourth-order valence-electron chi connectivity index (χ4n) is 2.09. The Morgan fingerprint density at radius 2 is 2.14 bits per heavy atom. The van der Waals surface area contributed by atoms with Gasteiger partial charge in [0.2, 0.25) is 0 Å². The van der Waals surface area contributed by atoms with Gasteiger partial charge in [0.05, 0.1) is 6.07 Å². The third-order valence-electron chi connectivity index (χ3n) is 3.37. The van der Waals surface area contributed by atoms with Gasteiger partial charge in [-0.05, 0) is 12.5 Å². The summed E-state index contributed by atoms with van der Waals surface area (Å²) < 4.78 is 5.02. The van der Waals surface area contributed by atoms with Gasteiger partial charge >= 0.3 is 6.09 Å². The van der Waals surface area contributed by atoms with Crippen molar-refractivity contribution in [2.24, 2.45) is 0 Å². The summed E-state index contributed by atoms with van der Waals surface area (Å²) in [5.41, 5.74) is 0.912. The van der Waals surface area contributed by atoms with Gasteiger partial charge in [-0.15, -0.1) is 11.6 Å². The molecule has 0 spiro atoms. The number of ether oxygens (including phenoxy) is 1. The average molecular weight is 307 g/mol. The number of hydrogen-bond donors (Lipinski definition) is 0. The molecule has 0 aliphatic heterocycles. The number of carbonyl (C=O) groups is 1. The molecule has 0 heterocycles. The van der Waals surface area contributed by atoms with Crippen molar-refractivity contribution in [2.75, 3.05) is 13.7 Å². The fraction of sp³-hybridized carbons (Fsp3) is 0.375. The number of nitriles is 1. The molecule has 0 saturated heterocycles. The Labute approximate surface area is 130 Å². The zero-order valence-corrected chi connectivity index (χ0v) is 13.0. The SMILES string of the molecule is C=CCOC(=O)N(C)[C@H](C)[C@H](c1ccccc1)[C@H](Cl)C#N. The Balaban J connectivity index is 2.96. The van der Waals surface area contributed by atoms with Crippen molar-refractivity contribution in [3.8, 4) is 6.07 Å². The zero-order valence-electron chi connectivity index (χ0n) is 12.2. The van der Waals surface area contributed by atoms with Gasteiger partial charge in [0, 0.05) is 19.0 Å². The monoisotopic (exact) mass is 306 g/mol. The number of halogens is 1. The van der Waals surface area contributed by atoms with Crippen molar-refractivity contribution in [1.29, 1.82) is 5.26 Å². The maximum atomic E-state index is 11.9. The third-order valence-corrected chi connectivity index (χ3v) is 3.74. The molecule has 1 rings (SSSR count). The van der Waals surface area contributed by atoms with Crippen LogP contribution in [0.3, 0.4) is 0 Å². The molecule has 5 heteroatoms. The first-order chi connectivity index (χ1) is 10.0. The number of alkyl halides is 1. The standard InChI is InChI=1S/C16H19ClN2O2/c1-4-10-21-16(20)19(3)12(2)15(14(17)11-18)13-8-6-5-7-9-13/h4-9,12,14-15H,1,10H2,2-3H3/t12-,14-,15-/m1/s1. The molecular weight excluding hydrogens is 288 g/mol. The lowest BCUT2D eigenvalue weighted by Gasteiger charge is -2.32. The highest BCUT2D eigenvalue weighted by atomic mass is 35.5. The lowest BCUT2D eigenvalue weighted by atomic mass is 9.89. The van der Waals surface area contributed by atoms with E-state index in [1.165, 1.54) is 11.0 Å². The predicted octanol–water partition coefficient (Wildman–Crippen LogP) is 3.54. The van der Waals surface area contributed by atoms with E-state index in [1.54, 1.807) is 7.05 Å². The fourth-order valence-corrected chi connectivity index (χ4v) is 2.44. The van der Waals surface area contributed by atoms with Crippen molar-refractivity contribution in [2.45, 2.75) is 24.3 Å². The molecule has 1 aromatic carbocycles. The van der Waals surface area contributed by atoms with Crippen LogP contribution in [0.15, 0.2) is 43.0 Å². The first-order valence-electron chi connectivity index (χ1n) is 6.62. The minimum absolute atomic E-state index is 0.147. The molecule has 0 aliphatic carbocycles. The van der Waals surface area contributed by atoms with E-state index in [-0.39, 0.29) is 18.6 Å². The van der Waals surface area contributed by atoms with Gasteiger partial charge < -0.3 is 9.64 Å². The number of benzene rings is 1. The summed E-state index contributed by atoms with van der Waals surface area (Å²) in [5.74, 6) is -0.306. The second-order valence-corrected chi connectivity index (χ2v) is 5.15. The van der Waals surface area contributed by atoms with Crippen LogP contribution in [0.4, 0.5) is 4.79 Å². The molecule has 0 N–H and O–H groups in total. The Hall–Kier alpha value is -1.99. The van der Waals surface area contributed by atoms with E-state index in [4.69, 9.17) is 21.6 Å². The first-order valence-corrected chi connectivity index (χ1v) is 7.05. The van der Waals surface area contributed by atoms with Gasteiger partial charge in [0.1, 0.15) is 12.0 Å². The third kappa shape index (κ3) is 4.51. The first kappa shape index (κ1) is 17.1. The lowest BCUT2D eigenvalue weighted by molar-refractivity contribution is 0.104. The molecular formula is C16H19ClN2O2. The number of hydrogen-bond acceptors (Lipinski definition) is 3. The van der Waals surface area contributed by atoms with Gasteiger partial charge in [-0.1, -0.05) is 43.0 Å². The van der Waals surface area contributed by atoms with E-state index < -0.39 is 11.5 Å². The van der Waals surface area contributed by atoms with E-state index in [0.29, 0.717) is 0 Å². The molecule has 0 aliphatic rings. The lowest BCUT2D eigenvalue weighted by Crippen LogP contribution is -2.41. The Morgan fingerprint density at radius 1 is 1.52 bits per heavy atom. The van der Waals surface area contributed by atoms with Crippen LogP contribution in [0, 0.1) is 11.3 Å². The number of amides is 1. The molecule has 0 aromatic heterocycles. The van der Waals surface area contributed by atoms with Crippen molar-refractivity contribution >= 4 is 17.7 Å². The summed E-state index contributed by atoms with van der Waals surface area (Å²) in [6.07, 6.45) is 1.04. The van der Waals surface area contributed by atoms with Crippen LogP contribution in [0.5, 0.6) is 0 Å². The van der Waals surface area contributed by atoms with E-state index in [2.05, 4.69) is 12.6 Å². The molecule has 0 radical (unpaired) electrons. The van der Waals surface area contributed by atoms with Gasteiger partial charge in [0.15, 0.2) is 0 Å². The number of likely N-dealkylation sites (N-methyl/N-ethyl adjacent to an activating group) is 1. The molecule has 1 aromatic rings. The smallest absolute Gasteiger partial charge is 0.410 e. The molecule has 112 valence electrons. The molecule has 4 nitrogen and oxygen atoms in total. The van der Waals surface area contributed by atoms with E-state index in [0.717, 1.165) is 5.56 Å². The van der Waals surface area contributed by atoms with Gasteiger partial charge in [0.25, 0.3) is 0 Å². The molecule has 0 fully saturated rings. The largest absolute Gasteiger partial charge is 0.445 e. The van der Waals surface area contributed by atoms with Gasteiger partial charge in [-0.25, -0.2) is 4.79 Å². The van der Waals surface area contributed by atoms with Crippen LogP contribution >= 0.6 is 11.6 Å². The molecule has 0 unspecified atom stereocenters. The van der Waals surface area contributed by atoms with Crippen LogP contribution in [0.25, 0.3) is 0 Å². The van der Waals surface area contributed by atoms with Crippen LogP contribution in [-0.4, -0.2) is 36.1 Å². The summed E-state index contributed by atoms with van der Waals surface area (Å²) in [6.45, 7) is 5.50. The summed E-state index contributed by atoms with van der Waals surface area (Å²) >= 11 is 6.16. The highest BCUT2D eigenvalue weighted by Gasteiger charge is 2.32. The molecule has 3 atom stereocenters. The summed E-state index contributed by atoms with van der Waals surface area (Å²) in [7, 11) is 1.63. The number of carbonyl (C=O) groups excluding carboxylic acids is 1. The van der Waals surface area contributed by atoms with Gasteiger partial charge in [-0.2, -0.15) is 5.26 Å². The van der Waals surface area contributed by atoms with Crippen LogP contribution in [0.2, 0.25) is 0 Å². The van der Waals surface area contributed by atoms with Crippen LogP contribution in [-0.2, 0) is 4.74 Å². The predicted molar refractivity (Wildman–Crippen MR) is 83.2 cm³/mol. The van der Waals surface area contributed by atoms with Crippen molar-refractivity contribution in [1.82, 2.24) is 4.90 Å². The Morgan fingerprint density at radius 3 is 2.67 bits per heavy atom. The van der Waals surface area contributed by atoms with E-state index in [1.807, 2.05) is 37.3 Å². The molecule has 1 amide bonds. The normalized spacial score (nSPS) is 14.4. The average Bonchev–Trinajstić information content (AvgIpc) is 2.52. The Kier molecular flexibility index (Phi) is 6.77. The van der Waals surface area contributed by atoms with Crippen LogP contribution in [0.1, 0.15) is 18.4 Å². The number of rotatable bonds is 6. The minimum Gasteiger partial charge on any atom is -0.445 e. The highest BCUT2D eigenvalue weighted by Crippen LogP contribution is 2.29. The van der Waals surface area contributed by atoms with Crippen molar-refractivity contribution < 1.29 is 9.53 Å². The molecule has 0 bridgehead atoms. The Bertz CT molecular complexity index is 513. The van der Waals surface area contributed by atoms with E-state index >= 15 is 0 Å². The topological polar surface area (TPSA) is 53.3 Å². The summed E-state index contributed by atoms with van der Waals surface area (Å²) in [4.78, 5) is 13.4. The van der Waals surface area contributed by atoms with Crippen molar-refractivity contribution in [3.05, 3.63) is 48.6 Å². The quantitative estimate of drug-likeness (QED) is 0.596. The second-order valence-electron chi connectivity index (χ2n) is 4.68. The molecule has 21 heavy (non-hydrogen) atoms. The summed E-state index contributed by atoms with van der Waals surface area (Å²) in [6, 6.07) is 11.2. The van der Waals surface area contributed by atoms with Gasteiger partial charge in [-0.3, -0.25) is 0 Å². The number of nitrogens with zero attached hydrogens (tertiary/aromatic N) is 2. The highest BCUT2D eigenvalue weighted by molar-refractivity contribution is 6.22. The maximum Gasteiger partial charge on any atom is 0.410 e. The minimum atomic E-state index is -0.739. The van der Waals surface area contributed by atoms with Crippen LogP contribution < -0.4 is 0 Å². The maximum absolute atomic E-state index is 11.9. The summed E-state index contributed by atoms with van der Waals surface area (Å²) in [5, 5.41) is 8.41. The van der Waals surface area contributed by atoms with E-state index in [9.17, 15) is 4.79 Å². The second kappa shape index (κ2) is 8.33. The molecule has 0 saturated carbocycles.